The van der Waals surface area contributed by atoms with Gasteiger partial charge in [-0.3, -0.25) is 4.79 Å². The number of rotatable bonds is 4. The van der Waals surface area contributed by atoms with Crippen molar-refractivity contribution in [2.45, 2.75) is 13.5 Å². The van der Waals surface area contributed by atoms with E-state index in [0.717, 1.165) is 5.69 Å². The van der Waals surface area contributed by atoms with Gasteiger partial charge in [0.05, 0.1) is 10.2 Å². The van der Waals surface area contributed by atoms with E-state index >= 15 is 0 Å². The molecule has 1 N–H and O–H groups in total. The van der Waals surface area contributed by atoms with E-state index in [1.165, 1.54) is 6.20 Å². The van der Waals surface area contributed by atoms with Crippen molar-refractivity contribution in [2.75, 3.05) is 13.7 Å². The van der Waals surface area contributed by atoms with Crippen molar-refractivity contribution in [3.8, 4) is 0 Å². The normalized spacial score (nSPS) is 10.4. The molecule has 0 amide bonds. The minimum atomic E-state index is -1.20. The molecule has 0 bridgehead atoms. The van der Waals surface area contributed by atoms with Gasteiger partial charge in [-0.1, -0.05) is 0 Å². The molecule has 1 aromatic rings. The number of aromatic nitrogens is 1. The topological polar surface area (TPSA) is 68.5 Å². The third kappa shape index (κ3) is 2.62. The first-order valence-electron chi connectivity index (χ1n) is 4.60. The molecule has 0 aromatic carbocycles. The number of aromatic carboxylic acids is 1. The van der Waals surface area contributed by atoms with E-state index in [0.29, 0.717) is 16.7 Å². The molecular weight excluding hydrogens is 325 g/mol. The van der Waals surface area contributed by atoms with Crippen LogP contribution in [0, 0.1) is 10.5 Å². The summed E-state index contributed by atoms with van der Waals surface area (Å²) in [6, 6.07) is 0. The van der Waals surface area contributed by atoms with Crippen LogP contribution in [0.4, 0.5) is 0 Å². The van der Waals surface area contributed by atoms with Crippen molar-refractivity contribution < 1.29 is 14.6 Å². The van der Waals surface area contributed by atoms with Gasteiger partial charge in [-0.15, -0.1) is 0 Å². The van der Waals surface area contributed by atoms with Gasteiger partial charge >= 0.3 is 5.97 Å². The monoisotopic (exact) mass is 337 g/mol. The molecule has 1 rings (SSSR count). The first-order chi connectivity index (χ1) is 7.49. The average Bonchev–Trinajstić information content (AvgIpc) is 2.24. The number of carboxylic acid groups (broad SMARTS) is 1. The number of methoxy groups -OCH3 is 1. The molecule has 0 spiro atoms. The number of nitrogens with zero attached hydrogens (tertiary/aromatic N) is 1. The molecule has 6 heteroatoms. The van der Waals surface area contributed by atoms with Crippen molar-refractivity contribution in [2.24, 2.45) is 0 Å². The Morgan fingerprint density at radius 2 is 2.25 bits per heavy atom. The van der Waals surface area contributed by atoms with Gasteiger partial charge in [0.1, 0.15) is 5.56 Å². The Morgan fingerprint density at radius 1 is 1.62 bits per heavy atom. The third-order valence-corrected chi connectivity index (χ3v) is 3.51. The van der Waals surface area contributed by atoms with Crippen molar-refractivity contribution in [3.05, 3.63) is 31.2 Å². The fraction of sp³-hybridized carbons (Fsp3) is 0.400. The lowest BCUT2D eigenvalue weighted by atomic mass is 10.2. The number of halogens is 1. The molecular formula is C10H12INO4. The minimum Gasteiger partial charge on any atom is -0.477 e. The Bertz CT molecular complexity index is 467. The van der Waals surface area contributed by atoms with E-state index in [9.17, 15) is 9.59 Å². The van der Waals surface area contributed by atoms with E-state index in [1.807, 2.05) is 22.6 Å². The number of ether oxygens (including phenoxy) is 1. The van der Waals surface area contributed by atoms with Crippen LogP contribution < -0.4 is 5.43 Å². The van der Waals surface area contributed by atoms with Gasteiger partial charge in [-0.05, 0) is 29.5 Å². The van der Waals surface area contributed by atoms with Crippen LogP contribution >= 0.6 is 22.6 Å². The zero-order chi connectivity index (χ0) is 12.3. The fourth-order valence-electron chi connectivity index (χ4n) is 1.29. The molecule has 0 atom stereocenters. The average molecular weight is 337 g/mol. The van der Waals surface area contributed by atoms with Crippen molar-refractivity contribution >= 4 is 28.6 Å². The van der Waals surface area contributed by atoms with Crippen LogP contribution in [-0.4, -0.2) is 29.4 Å². The molecule has 88 valence electrons. The van der Waals surface area contributed by atoms with Crippen LogP contribution in [0.1, 0.15) is 16.1 Å². The number of pyridine rings is 1. The first kappa shape index (κ1) is 13.2. The molecule has 0 fully saturated rings. The standard InChI is InChI=1S/C10H12INO4/c1-6-8(11)9(13)7(10(14)15)5-12(6)3-4-16-2/h5H,3-4H2,1-2H3,(H,14,15). The molecule has 1 heterocycles. The number of carboxylic acids is 1. The Kier molecular flexibility index (Phi) is 4.48. The van der Waals surface area contributed by atoms with Gasteiger partial charge in [0.25, 0.3) is 0 Å². The van der Waals surface area contributed by atoms with Gasteiger partial charge in [0.2, 0.25) is 5.43 Å². The predicted molar refractivity (Wildman–Crippen MR) is 67.0 cm³/mol. The molecule has 5 nitrogen and oxygen atoms in total. The summed E-state index contributed by atoms with van der Waals surface area (Å²) in [4.78, 5) is 22.5. The largest absolute Gasteiger partial charge is 0.477 e. The Hall–Kier alpha value is -0.890. The summed E-state index contributed by atoms with van der Waals surface area (Å²) in [5.41, 5.74) is 0.123. The van der Waals surface area contributed by atoms with Crippen molar-refractivity contribution in [3.63, 3.8) is 0 Å². The van der Waals surface area contributed by atoms with Gasteiger partial charge < -0.3 is 14.4 Å². The molecule has 0 unspecified atom stereocenters. The van der Waals surface area contributed by atoms with E-state index < -0.39 is 11.4 Å². The molecule has 0 radical (unpaired) electrons. The van der Waals surface area contributed by atoms with E-state index in [4.69, 9.17) is 9.84 Å². The molecule has 1 aromatic heterocycles. The highest BCUT2D eigenvalue weighted by Gasteiger charge is 2.15. The quantitative estimate of drug-likeness (QED) is 0.836. The Labute approximate surface area is 106 Å². The summed E-state index contributed by atoms with van der Waals surface area (Å²) in [6.07, 6.45) is 1.36. The second-order valence-electron chi connectivity index (χ2n) is 3.26. The van der Waals surface area contributed by atoms with Gasteiger partial charge in [0.15, 0.2) is 0 Å². The summed E-state index contributed by atoms with van der Waals surface area (Å²) in [7, 11) is 1.57. The van der Waals surface area contributed by atoms with Crippen molar-refractivity contribution in [1.82, 2.24) is 4.57 Å². The maximum Gasteiger partial charge on any atom is 0.341 e. The molecule has 0 aliphatic rings. The lowest BCUT2D eigenvalue weighted by Crippen LogP contribution is -2.23. The van der Waals surface area contributed by atoms with Gasteiger partial charge in [-0.2, -0.15) is 0 Å². The molecule has 0 aliphatic heterocycles. The van der Waals surface area contributed by atoms with E-state index in [1.54, 1.807) is 18.6 Å². The summed E-state index contributed by atoms with van der Waals surface area (Å²) < 4.78 is 7.08. The highest BCUT2D eigenvalue weighted by Crippen LogP contribution is 2.09. The lowest BCUT2D eigenvalue weighted by Gasteiger charge is -2.12. The summed E-state index contributed by atoms with van der Waals surface area (Å²) in [5.74, 6) is -1.20. The predicted octanol–water partition coefficient (Wildman–Crippen LogP) is 1.11. The van der Waals surface area contributed by atoms with Crippen LogP contribution in [0.2, 0.25) is 0 Å². The summed E-state index contributed by atoms with van der Waals surface area (Å²) in [6.45, 7) is 2.78. The van der Waals surface area contributed by atoms with Gasteiger partial charge in [-0.25, -0.2) is 4.79 Å². The van der Waals surface area contributed by atoms with Crippen LogP contribution in [-0.2, 0) is 11.3 Å². The maximum atomic E-state index is 11.6. The minimum absolute atomic E-state index is 0.203. The molecule has 0 saturated carbocycles. The number of hydrogen-bond acceptors (Lipinski definition) is 3. The second kappa shape index (κ2) is 5.44. The van der Waals surface area contributed by atoms with E-state index in [-0.39, 0.29) is 5.56 Å². The maximum absolute atomic E-state index is 11.6. The smallest absolute Gasteiger partial charge is 0.341 e. The molecule has 0 saturated heterocycles. The number of carbonyl (C=O) groups is 1. The van der Waals surface area contributed by atoms with Crippen LogP contribution in [0.15, 0.2) is 11.0 Å². The first-order valence-corrected chi connectivity index (χ1v) is 5.68. The fourth-order valence-corrected chi connectivity index (χ4v) is 1.89. The second-order valence-corrected chi connectivity index (χ2v) is 4.34. The molecule has 0 aliphatic carbocycles. The van der Waals surface area contributed by atoms with Crippen LogP contribution in [0.3, 0.4) is 0 Å². The van der Waals surface area contributed by atoms with Crippen LogP contribution in [0.5, 0.6) is 0 Å². The molecule has 16 heavy (non-hydrogen) atoms. The Balaban J connectivity index is 3.30. The van der Waals surface area contributed by atoms with Gasteiger partial charge in [0, 0.05) is 25.5 Å². The van der Waals surface area contributed by atoms with Crippen molar-refractivity contribution in [1.29, 1.82) is 0 Å². The summed E-state index contributed by atoms with van der Waals surface area (Å²) >= 11 is 1.87. The highest BCUT2D eigenvalue weighted by atomic mass is 127. The summed E-state index contributed by atoms with van der Waals surface area (Å²) in [5, 5.41) is 8.88. The van der Waals surface area contributed by atoms with Crippen LogP contribution in [0.25, 0.3) is 0 Å². The van der Waals surface area contributed by atoms with E-state index in [2.05, 4.69) is 0 Å². The zero-order valence-electron chi connectivity index (χ0n) is 8.99. The lowest BCUT2D eigenvalue weighted by molar-refractivity contribution is 0.0694. The number of hydrogen-bond donors (Lipinski definition) is 1. The Morgan fingerprint density at radius 3 is 2.75 bits per heavy atom. The SMILES string of the molecule is COCCn1cc(C(=O)O)c(=O)c(I)c1C. The zero-order valence-corrected chi connectivity index (χ0v) is 11.1. The third-order valence-electron chi connectivity index (χ3n) is 2.24. The highest BCUT2D eigenvalue weighted by molar-refractivity contribution is 14.1.